The minimum absolute atomic E-state index is 0.0768. The second kappa shape index (κ2) is 7.00. The first kappa shape index (κ1) is 13.7. The maximum atomic E-state index is 6.35. The molecule has 1 saturated heterocycles. The topological polar surface area (TPSA) is 48.1 Å². The Balaban J connectivity index is 2.02. The van der Waals surface area contributed by atoms with Crippen LogP contribution in [0.25, 0.3) is 0 Å². The fraction of sp³-hybridized carbons (Fsp3) is 0.643. The molecule has 1 aromatic heterocycles. The molecule has 2 rings (SSSR count). The standard InChI is InChI=1S/C14H22N2OS/c1-2-6-17-12-8-11(9-16-10-12)14(15)13-5-3-4-7-18-13/h8-10,13-14H,2-7,15H2,1H3. The van der Waals surface area contributed by atoms with Gasteiger partial charge in [0.1, 0.15) is 5.75 Å². The third-order valence-electron chi connectivity index (χ3n) is 3.21. The average Bonchev–Trinajstić information content (AvgIpc) is 2.45. The van der Waals surface area contributed by atoms with Crippen LogP contribution < -0.4 is 10.5 Å². The number of ether oxygens (including phenoxy) is 1. The van der Waals surface area contributed by atoms with E-state index in [1.54, 1.807) is 6.20 Å². The van der Waals surface area contributed by atoms with Gasteiger partial charge in [-0.25, -0.2) is 0 Å². The summed E-state index contributed by atoms with van der Waals surface area (Å²) in [6, 6.07) is 2.12. The van der Waals surface area contributed by atoms with Gasteiger partial charge in [-0.2, -0.15) is 11.8 Å². The number of pyridine rings is 1. The Bertz CT molecular complexity index is 367. The molecule has 0 bridgehead atoms. The van der Waals surface area contributed by atoms with E-state index in [2.05, 4.69) is 11.9 Å². The van der Waals surface area contributed by atoms with E-state index >= 15 is 0 Å². The molecule has 18 heavy (non-hydrogen) atoms. The van der Waals surface area contributed by atoms with Gasteiger partial charge in [0.05, 0.1) is 12.8 Å². The van der Waals surface area contributed by atoms with Gasteiger partial charge in [-0.15, -0.1) is 0 Å². The van der Waals surface area contributed by atoms with Crippen LogP contribution in [-0.4, -0.2) is 22.6 Å². The van der Waals surface area contributed by atoms with Gasteiger partial charge in [-0.05, 0) is 36.6 Å². The SMILES string of the molecule is CCCOc1cncc(C(N)C2CCCCS2)c1. The molecule has 0 aliphatic carbocycles. The van der Waals surface area contributed by atoms with Crippen LogP contribution in [0.2, 0.25) is 0 Å². The third kappa shape index (κ3) is 3.62. The normalized spacial score (nSPS) is 21.6. The van der Waals surface area contributed by atoms with Gasteiger partial charge in [0.15, 0.2) is 0 Å². The van der Waals surface area contributed by atoms with E-state index in [-0.39, 0.29) is 6.04 Å². The molecule has 1 fully saturated rings. The second-order valence-electron chi connectivity index (χ2n) is 4.73. The smallest absolute Gasteiger partial charge is 0.137 e. The zero-order valence-electron chi connectivity index (χ0n) is 11.0. The lowest BCUT2D eigenvalue weighted by molar-refractivity contribution is 0.315. The number of nitrogens with zero attached hydrogens (tertiary/aromatic N) is 1. The molecule has 100 valence electrons. The zero-order chi connectivity index (χ0) is 12.8. The van der Waals surface area contributed by atoms with E-state index in [4.69, 9.17) is 10.5 Å². The van der Waals surface area contributed by atoms with Crippen LogP contribution in [0.15, 0.2) is 18.5 Å². The lowest BCUT2D eigenvalue weighted by Crippen LogP contribution is -2.26. The van der Waals surface area contributed by atoms with Gasteiger partial charge in [0.25, 0.3) is 0 Å². The van der Waals surface area contributed by atoms with Gasteiger partial charge >= 0.3 is 0 Å². The highest BCUT2D eigenvalue weighted by Crippen LogP contribution is 2.33. The molecule has 0 radical (unpaired) electrons. The Morgan fingerprint density at radius 1 is 1.50 bits per heavy atom. The predicted molar refractivity (Wildman–Crippen MR) is 77.0 cm³/mol. The van der Waals surface area contributed by atoms with E-state index in [9.17, 15) is 0 Å². The van der Waals surface area contributed by atoms with Crippen molar-refractivity contribution in [1.29, 1.82) is 0 Å². The van der Waals surface area contributed by atoms with Crippen LogP contribution in [-0.2, 0) is 0 Å². The fourth-order valence-corrected chi connectivity index (χ4v) is 3.55. The van der Waals surface area contributed by atoms with Crippen LogP contribution in [0.5, 0.6) is 5.75 Å². The summed E-state index contributed by atoms with van der Waals surface area (Å²) in [4.78, 5) is 4.24. The quantitative estimate of drug-likeness (QED) is 0.889. The lowest BCUT2D eigenvalue weighted by atomic mass is 10.0. The molecule has 1 aromatic rings. The van der Waals surface area contributed by atoms with E-state index < -0.39 is 0 Å². The van der Waals surface area contributed by atoms with E-state index in [0.29, 0.717) is 5.25 Å². The average molecular weight is 266 g/mol. The lowest BCUT2D eigenvalue weighted by Gasteiger charge is -2.27. The Morgan fingerprint density at radius 2 is 2.39 bits per heavy atom. The van der Waals surface area contributed by atoms with Crippen molar-refractivity contribution in [1.82, 2.24) is 4.98 Å². The van der Waals surface area contributed by atoms with Gasteiger partial charge in [-0.1, -0.05) is 13.3 Å². The summed E-state index contributed by atoms with van der Waals surface area (Å²) in [7, 11) is 0. The molecular formula is C14H22N2OS. The van der Waals surface area contributed by atoms with Crippen molar-refractivity contribution < 1.29 is 4.74 Å². The summed E-state index contributed by atoms with van der Waals surface area (Å²) in [5, 5.41) is 0.530. The summed E-state index contributed by atoms with van der Waals surface area (Å²) in [5.41, 5.74) is 7.45. The van der Waals surface area contributed by atoms with Gasteiger partial charge in [-0.3, -0.25) is 4.98 Å². The molecule has 0 saturated carbocycles. The molecule has 2 heterocycles. The number of hydrogen-bond donors (Lipinski definition) is 1. The molecule has 0 spiro atoms. The van der Waals surface area contributed by atoms with Crippen LogP contribution in [0, 0.1) is 0 Å². The monoisotopic (exact) mass is 266 g/mol. The third-order valence-corrected chi connectivity index (χ3v) is 4.69. The molecule has 2 atom stereocenters. The molecule has 3 nitrogen and oxygen atoms in total. The number of aromatic nitrogens is 1. The van der Waals surface area contributed by atoms with Crippen LogP contribution >= 0.6 is 11.8 Å². The minimum atomic E-state index is 0.0768. The second-order valence-corrected chi connectivity index (χ2v) is 6.08. The minimum Gasteiger partial charge on any atom is -0.492 e. The maximum Gasteiger partial charge on any atom is 0.137 e. The molecule has 0 amide bonds. The zero-order valence-corrected chi connectivity index (χ0v) is 11.8. The van der Waals surface area contributed by atoms with Crippen molar-refractivity contribution in [2.24, 2.45) is 5.73 Å². The molecular weight excluding hydrogens is 244 g/mol. The highest BCUT2D eigenvalue weighted by Gasteiger charge is 2.22. The van der Waals surface area contributed by atoms with Crippen molar-refractivity contribution in [3.8, 4) is 5.75 Å². The van der Waals surface area contributed by atoms with Crippen molar-refractivity contribution in [3.63, 3.8) is 0 Å². The number of nitrogens with two attached hydrogens (primary N) is 1. The largest absolute Gasteiger partial charge is 0.492 e. The van der Waals surface area contributed by atoms with Crippen LogP contribution in [0.1, 0.15) is 44.2 Å². The molecule has 2 unspecified atom stereocenters. The van der Waals surface area contributed by atoms with Gasteiger partial charge < -0.3 is 10.5 Å². The van der Waals surface area contributed by atoms with Crippen molar-refractivity contribution >= 4 is 11.8 Å². The van der Waals surface area contributed by atoms with Gasteiger partial charge in [0.2, 0.25) is 0 Å². The number of rotatable bonds is 5. The van der Waals surface area contributed by atoms with E-state index in [0.717, 1.165) is 24.3 Å². The molecule has 4 heteroatoms. The van der Waals surface area contributed by atoms with Crippen molar-refractivity contribution in [2.75, 3.05) is 12.4 Å². The Hall–Kier alpha value is -0.740. The Kier molecular flexibility index (Phi) is 5.32. The first-order valence-corrected chi connectivity index (χ1v) is 7.81. The summed E-state index contributed by atoms with van der Waals surface area (Å²) in [6.07, 6.45) is 8.48. The highest BCUT2D eigenvalue weighted by molar-refractivity contribution is 8.00. The van der Waals surface area contributed by atoms with Crippen LogP contribution in [0.3, 0.4) is 0 Å². The van der Waals surface area contributed by atoms with E-state index in [1.165, 1.54) is 25.0 Å². The summed E-state index contributed by atoms with van der Waals surface area (Å²) in [5.74, 6) is 2.07. The Morgan fingerprint density at radius 3 is 3.11 bits per heavy atom. The van der Waals surface area contributed by atoms with Crippen LogP contribution in [0.4, 0.5) is 0 Å². The summed E-state index contributed by atoms with van der Waals surface area (Å²) in [6.45, 7) is 2.83. The summed E-state index contributed by atoms with van der Waals surface area (Å²) < 4.78 is 5.61. The van der Waals surface area contributed by atoms with E-state index in [1.807, 2.05) is 24.0 Å². The van der Waals surface area contributed by atoms with Crippen molar-refractivity contribution in [2.45, 2.75) is 43.9 Å². The summed E-state index contributed by atoms with van der Waals surface area (Å²) >= 11 is 2.00. The molecule has 2 N–H and O–H groups in total. The predicted octanol–water partition coefficient (Wildman–Crippen LogP) is 3.16. The Labute approximate surface area is 114 Å². The molecule has 0 aromatic carbocycles. The van der Waals surface area contributed by atoms with Gasteiger partial charge in [0, 0.05) is 17.5 Å². The maximum absolute atomic E-state index is 6.35. The first-order valence-electron chi connectivity index (χ1n) is 6.76. The number of hydrogen-bond acceptors (Lipinski definition) is 4. The van der Waals surface area contributed by atoms with Crippen molar-refractivity contribution in [3.05, 3.63) is 24.0 Å². The highest BCUT2D eigenvalue weighted by atomic mass is 32.2. The first-order chi connectivity index (χ1) is 8.81. The molecule has 1 aliphatic heterocycles. The molecule has 1 aliphatic rings. The number of thioether (sulfide) groups is 1. The fourth-order valence-electron chi connectivity index (χ4n) is 2.18.